The van der Waals surface area contributed by atoms with E-state index in [9.17, 15) is 4.79 Å². The van der Waals surface area contributed by atoms with E-state index < -0.39 is 11.9 Å². The first-order valence-corrected chi connectivity index (χ1v) is 4.93. The van der Waals surface area contributed by atoms with E-state index in [0.29, 0.717) is 5.75 Å². The van der Waals surface area contributed by atoms with Crippen LogP contribution < -0.4 is 4.74 Å². The van der Waals surface area contributed by atoms with Crippen LogP contribution in [-0.2, 0) is 4.79 Å². The van der Waals surface area contributed by atoms with E-state index in [0.717, 1.165) is 5.56 Å². The molecule has 1 aromatic rings. The lowest BCUT2D eigenvalue weighted by molar-refractivity contribution is -0.139. The zero-order valence-electron chi connectivity index (χ0n) is 9.23. The Balaban J connectivity index is 3.05. The molecule has 0 amide bonds. The normalized spacial score (nSPS) is 12.5. The molecule has 0 spiro atoms. The Labute approximate surface area is 89.7 Å². The van der Waals surface area contributed by atoms with E-state index in [1.54, 1.807) is 13.2 Å². The van der Waals surface area contributed by atoms with E-state index in [-0.39, 0.29) is 5.92 Å². The van der Waals surface area contributed by atoms with Crippen LogP contribution in [0.15, 0.2) is 24.3 Å². The predicted octanol–water partition coefficient (Wildman–Crippen LogP) is 2.52. The lowest BCUT2D eigenvalue weighted by atomic mass is 9.88. The number of carboxylic acid groups (broad SMARTS) is 1. The van der Waals surface area contributed by atoms with E-state index in [1.807, 2.05) is 32.0 Å². The topological polar surface area (TPSA) is 46.5 Å². The Kier molecular flexibility index (Phi) is 3.72. The zero-order chi connectivity index (χ0) is 11.4. The van der Waals surface area contributed by atoms with Crippen LogP contribution in [-0.4, -0.2) is 18.2 Å². The number of hydrogen-bond donors (Lipinski definition) is 1. The first-order valence-electron chi connectivity index (χ1n) is 4.93. The predicted molar refractivity (Wildman–Crippen MR) is 58.2 cm³/mol. The fraction of sp³-hybridized carbons (Fsp3) is 0.417. The number of aliphatic carboxylic acids is 1. The standard InChI is InChI=1S/C12H16O3/c1-8(2)11(12(13)14)9-5-4-6-10(7-9)15-3/h4-8,11H,1-3H3,(H,13,14)/t11-/m1/s1. The van der Waals surface area contributed by atoms with Crippen molar-refractivity contribution in [3.05, 3.63) is 29.8 Å². The van der Waals surface area contributed by atoms with Gasteiger partial charge in [0.25, 0.3) is 0 Å². The molecule has 0 radical (unpaired) electrons. The number of carbonyl (C=O) groups is 1. The summed E-state index contributed by atoms with van der Waals surface area (Å²) in [5.41, 5.74) is 0.789. The second-order valence-electron chi connectivity index (χ2n) is 3.84. The second-order valence-corrected chi connectivity index (χ2v) is 3.84. The maximum atomic E-state index is 11.1. The monoisotopic (exact) mass is 208 g/mol. The molecule has 3 nitrogen and oxygen atoms in total. The molecule has 1 atom stereocenters. The Morgan fingerprint density at radius 2 is 2.07 bits per heavy atom. The molecule has 1 aromatic carbocycles. The Hall–Kier alpha value is -1.51. The second kappa shape index (κ2) is 4.82. The maximum Gasteiger partial charge on any atom is 0.311 e. The molecule has 0 bridgehead atoms. The van der Waals surface area contributed by atoms with Gasteiger partial charge in [0.2, 0.25) is 0 Å². The van der Waals surface area contributed by atoms with Crippen LogP contribution >= 0.6 is 0 Å². The largest absolute Gasteiger partial charge is 0.497 e. The summed E-state index contributed by atoms with van der Waals surface area (Å²) in [5.74, 6) is -0.507. The van der Waals surface area contributed by atoms with E-state index in [2.05, 4.69) is 0 Å². The number of ether oxygens (including phenoxy) is 1. The summed E-state index contributed by atoms with van der Waals surface area (Å²) in [4.78, 5) is 11.1. The zero-order valence-corrected chi connectivity index (χ0v) is 9.23. The van der Waals surface area contributed by atoms with Gasteiger partial charge >= 0.3 is 5.97 Å². The van der Waals surface area contributed by atoms with Gasteiger partial charge in [0.1, 0.15) is 5.75 Å². The molecule has 0 fully saturated rings. The van der Waals surface area contributed by atoms with Crippen molar-refractivity contribution < 1.29 is 14.6 Å². The smallest absolute Gasteiger partial charge is 0.311 e. The van der Waals surface area contributed by atoms with Gasteiger partial charge in [-0.05, 0) is 23.6 Å². The van der Waals surface area contributed by atoms with Crippen molar-refractivity contribution in [3.63, 3.8) is 0 Å². The van der Waals surface area contributed by atoms with Gasteiger partial charge in [-0.1, -0.05) is 26.0 Å². The summed E-state index contributed by atoms with van der Waals surface area (Å²) in [6, 6.07) is 7.22. The molecule has 1 rings (SSSR count). The SMILES string of the molecule is COc1cccc([C@H](C(=O)O)C(C)C)c1. The molecule has 82 valence electrons. The molecule has 0 aliphatic heterocycles. The van der Waals surface area contributed by atoms with Crippen molar-refractivity contribution in [2.24, 2.45) is 5.92 Å². The van der Waals surface area contributed by atoms with Crippen LogP contribution in [0.2, 0.25) is 0 Å². The molecule has 0 aliphatic rings. The van der Waals surface area contributed by atoms with Crippen molar-refractivity contribution in [2.75, 3.05) is 7.11 Å². The minimum atomic E-state index is -0.793. The molecule has 0 aromatic heterocycles. The molecule has 0 saturated carbocycles. The number of carboxylic acids is 1. The minimum Gasteiger partial charge on any atom is -0.497 e. The number of hydrogen-bond acceptors (Lipinski definition) is 2. The van der Waals surface area contributed by atoms with Gasteiger partial charge in [-0.15, -0.1) is 0 Å². The molecule has 0 aliphatic carbocycles. The first-order chi connectivity index (χ1) is 7.06. The van der Waals surface area contributed by atoms with Gasteiger partial charge < -0.3 is 9.84 Å². The molecule has 3 heteroatoms. The highest BCUT2D eigenvalue weighted by Crippen LogP contribution is 2.27. The fourth-order valence-electron chi connectivity index (χ4n) is 1.65. The number of methoxy groups -OCH3 is 1. The summed E-state index contributed by atoms with van der Waals surface area (Å²) < 4.78 is 5.07. The van der Waals surface area contributed by atoms with Crippen LogP contribution in [0.4, 0.5) is 0 Å². The van der Waals surface area contributed by atoms with Gasteiger partial charge in [-0.25, -0.2) is 0 Å². The summed E-state index contributed by atoms with van der Waals surface area (Å²) in [7, 11) is 1.57. The average Bonchev–Trinajstić information content (AvgIpc) is 2.17. The third-order valence-corrected chi connectivity index (χ3v) is 2.39. The Bertz CT molecular complexity index is 344. The summed E-state index contributed by atoms with van der Waals surface area (Å²) in [6.45, 7) is 3.80. The lowest BCUT2D eigenvalue weighted by Gasteiger charge is -2.17. The third-order valence-electron chi connectivity index (χ3n) is 2.39. The number of benzene rings is 1. The molecule has 0 unspecified atom stereocenters. The average molecular weight is 208 g/mol. The third kappa shape index (κ3) is 2.72. The van der Waals surface area contributed by atoms with E-state index in [1.165, 1.54) is 0 Å². The fourth-order valence-corrected chi connectivity index (χ4v) is 1.65. The van der Waals surface area contributed by atoms with Gasteiger partial charge in [0.15, 0.2) is 0 Å². The van der Waals surface area contributed by atoms with Crippen molar-refractivity contribution in [1.82, 2.24) is 0 Å². The van der Waals surface area contributed by atoms with Crippen molar-refractivity contribution in [1.29, 1.82) is 0 Å². The van der Waals surface area contributed by atoms with E-state index in [4.69, 9.17) is 9.84 Å². The highest BCUT2D eigenvalue weighted by molar-refractivity contribution is 5.76. The summed E-state index contributed by atoms with van der Waals surface area (Å²) in [5, 5.41) is 9.12. The van der Waals surface area contributed by atoms with E-state index >= 15 is 0 Å². The van der Waals surface area contributed by atoms with Gasteiger partial charge in [-0.3, -0.25) is 4.79 Å². The van der Waals surface area contributed by atoms with Crippen molar-refractivity contribution in [2.45, 2.75) is 19.8 Å². The van der Waals surface area contributed by atoms with Crippen LogP contribution in [0.1, 0.15) is 25.3 Å². The maximum absolute atomic E-state index is 11.1. The first kappa shape index (κ1) is 11.6. The number of rotatable bonds is 4. The highest BCUT2D eigenvalue weighted by Gasteiger charge is 2.23. The molecule has 1 N–H and O–H groups in total. The molecule has 0 saturated heterocycles. The van der Waals surface area contributed by atoms with Gasteiger partial charge in [0, 0.05) is 0 Å². The molecular weight excluding hydrogens is 192 g/mol. The van der Waals surface area contributed by atoms with Crippen LogP contribution in [0, 0.1) is 5.92 Å². The van der Waals surface area contributed by atoms with Crippen LogP contribution in [0.3, 0.4) is 0 Å². The van der Waals surface area contributed by atoms with Crippen molar-refractivity contribution >= 4 is 5.97 Å². The lowest BCUT2D eigenvalue weighted by Crippen LogP contribution is -2.17. The highest BCUT2D eigenvalue weighted by atomic mass is 16.5. The van der Waals surface area contributed by atoms with Crippen molar-refractivity contribution in [3.8, 4) is 5.75 Å². The molecule has 15 heavy (non-hydrogen) atoms. The summed E-state index contributed by atoms with van der Waals surface area (Å²) in [6.07, 6.45) is 0. The van der Waals surface area contributed by atoms with Crippen LogP contribution in [0.25, 0.3) is 0 Å². The quantitative estimate of drug-likeness (QED) is 0.827. The van der Waals surface area contributed by atoms with Crippen LogP contribution in [0.5, 0.6) is 5.75 Å². The molecular formula is C12H16O3. The van der Waals surface area contributed by atoms with Gasteiger partial charge in [0.05, 0.1) is 13.0 Å². The molecule has 0 heterocycles. The van der Waals surface area contributed by atoms with Gasteiger partial charge in [-0.2, -0.15) is 0 Å². The summed E-state index contributed by atoms with van der Waals surface area (Å²) >= 11 is 0. The minimum absolute atomic E-state index is 0.0645. The Morgan fingerprint density at radius 1 is 1.40 bits per heavy atom. The Morgan fingerprint density at radius 3 is 2.53 bits per heavy atom.